The summed E-state index contributed by atoms with van der Waals surface area (Å²) >= 11 is 1.48. The van der Waals surface area contributed by atoms with E-state index in [0.29, 0.717) is 18.7 Å². The molecule has 2 N–H and O–H groups in total. The molecule has 1 heterocycles. The average Bonchev–Trinajstić information content (AvgIpc) is 3.27. The van der Waals surface area contributed by atoms with Crippen LogP contribution in [0.15, 0.2) is 77.0 Å². The van der Waals surface area contributed by atoms with E-state index in [2.05, 4.69) is 27.1 Å². The lowest BCUT2D eigenvalue weighted by molar-refractivity contribution is 0.0949. The van der Waals surface area contributed by atoms with Crippen molar-refractivity contribution in [1.82, 2.24) is 14.9 Å². The first-order chi connectivity index (χ1) is 14.4. The Labute approximate surface area is 181 Å². The minimum atomic E-state index is -3.69. The molecule has 0 unspecified atom stereocenters. The lowest BCUT2D eigenvalue weighted by Crippen LogP contribution is -2.33. The van der Waals surface area contributed by atoms with Crippen molar-refractivity contribution in [2.45, 2.75) is 18.0 Å². The van der Waals surface area contributed by atoms with Gasteiger partial charge in [-0.3, -0.25) is 4.79 Å². The van der Waals surface area contributed by atoms with Gasteiger partial charge < -0.3 is 10.2 Å². The standard InChI is InChI=1S/C22H25N3O3S2/c1-25(17-18-7-3-2-4-8-18)13-12-23-22(26)19-9-5-11-21(15-19)30(27,28)24-16-20-10-6-14-29-20/h2-11,14-15,24H,12-13,16-17H2,1H3,(H,23,26). The highest BCUT2D eigenvalue weighted by Gasteiger charge is 2.16. The number of rotatable bonds is 10. The fraction of sp³-hybridized carbons (Fsp3) is 0.227. The Morgan fingerprint density at radius 3 is 2.57 bits per heavy atom. The summed E-state index contributed by atoms with van der Waals surface area (Å²) in [6.45, 7) is 2.17. The molecule has 0 fully saturated rings. The number of hydrogen-bond acceptors (Lipinski definition) is 5. The van der Waals surface area contributed by atoms with Crippen molar-refractivity contribution in [3.8, 4) is 0 Å². The molecule has 8 heteroatoms. The number of amides is 1. The second kappa shape index (κ2) is 10.5. The second-order valence-electron chi connectivity index (χ2n) is 6.91. The van der Waals surface area contributed by atoms with Crippen LogP contribution in [0.1, 0.15) is 20.8 Å². The van der Waals surface area contributed by atoms with E-state index in [-0.39, 0.29) is 17.3 Å². The van der Waals surface area contributed by atoms with Gasteiger partial charge in [-0.2, -0.15) is 0 Å². The molecular formula is C22H25N3O3S2. The van der Waals surface area contributed by atoms with Crippen LogP contribution < -0.4 is 10.0 Å². The minimum absolute atomic E-state index is 0.0768. The molecule has 0 atom stereocenters. The quantitative estimate of drug-likeness (QED) is 0.505. The summed E-state index contributed by atoms with van der Waals surface area (Å²) in [6, 6.07) is 19.9. The van der Waals surface area contributed by atoms with E-state index in [9.17, 15) is 13.2 Å². The SMILES string of the molecule is CN(CCNC(=O)c1cccc(S(=O)(=O)NCc2cccs2)c1)Cc1ccccc1. The van der Waals surface area contributed by atoms with E-state index in [0.717, 1.165) is 11.4 Å². The molecule has 6 nitrogen and oxygen atoms in total. The zero-order chi connectivity index (χ0) is 21.4. The number of likely N-dealkylation sites (N-methyl/N-ethyl adjacent to an activating group) is 1. The Balaban J connectivity index is 1.52. The lowest BCUT2D eigenvalue weighted by Gasteiger charge is -2.17. The van der Waals surface area contributed by atoms with Gasteiger partial charge in [-0.1, -0.05) is 42.5 Å². The zero-order valence-electron chi connectivity index (χ0n) is 16.7. The maximum absolute atomic E-state index is 12.5. The highest BCUT2D eigenvalue weighted by molar-refractivity contribution is 7.89. The van der Waals surface area contributed by atoms with Crippen molar-refractivity contribution in [2.75, 3.05) is 20.1 Å². The Kier molecular flexibility index (Phi) is 7.75. The van der Waals surface area contributed by atoms with E-state index < -0.39 is 10.0 Å². The molecule has 30 heavy (non-hydrogen) atoms. The summed E-state index contributed by atoms with van der Waals surface area (Å²) < 4.78 is 27.6. The molecule has 0 saturated heterocycles. The Morgan fingerprint density at radius 1 is 1.03 bits per heavy atom. The van der Waals surface area contributed by atoms with Gasteiger partial charge in [0.05, 0.1) is 4.90 Å². The van der Waals surface area contributed by atoms with Crippen LogP contribution in [0.25, 0.3) is 0 Å². The van der Waals surface area contributed by atoms with Crippen LogP contribution in [0.3, 0.4) is 0 Å². The summed E-state index contributed by atoms with van der Waals surface area (Å²) in [5, 5.41) is 4.75. The van der Waals surface area contributed by atoms with Gasteiger partial charge in [0, 0.05) is 36.6 Å². The Hall–Kier alpha value is -2.52. The van der Waals surface area contributed by atoms with Crippen LogP contribution in [-0.2, 0) is 23.1 Å². The zero-order valence-corrected chi connectivity index (χ0v) is 18.4. The Morgan fingerprint density at radius 2 is 1.83 bits per heavy atom. The number of nitrogens with one attached hydrogen (secondary N) is 2. The molecule has 0 bridgehead atoms. The number of nitrogens with zero attached hydrogens (tertiary/aromatic N) is 1. The normalized spacial score (nSPS) is 11.5. The summed E-state index contributed by atoms with van der Waals surface area (Å²) in [5.41, 5.74) is 1.53. The van der Waals surface area contributed by atoms with Gasteiger partial charge in [0.2, 0.25) is 10.0 Å². The maximum Gasteiger partial charge on any atom is 0.251 e. The molecule has 158 valence electrons. The van der Waals surface area contributed by atoms with Gasteiger partial charge in [-0.25, -0.2) is 13.1 Å². The van der Waals surface area contributed by atoms with Crippen molar-refractivity contribution >= 4 is 27.3 Å². The fourth-order valence-corrected chi connectivity index (χ4v) is 4.69. The van der Waals surface area contributed by atoms with Gasteiger partial charge in [-0.05, 0) is 42.3 Å². The molecule has 0 spiro atoms. The van der Waals surface area contributed by atoms with Gasteiger partial charge >= 0.3 is 0 Å². The highest BCUT2D eigenvalue weighted by Crippen LogP contribution is 2.14. The molecule has 0 saturated carbocycles. The van der Waals surface area contributed by atoms with E-state index >= 15 is 0 Å². The van der Waals surface area contributed by atoms with E-state index in [1.54, 1.807) is 12.1 Å². The van der Waals surface area contributed by atoms with Crippen molar-refractivity contribution in [1.29, 1.82) is 0 Å². The maximum atomic E-state index is 12.5. The van der Waals surface area contributed by atoms with Crippen LogP contribution in [-0.4, -0.2) is 39.4 Å². The molecule has 0 aliphatic carbocycles. The first-order valence-corrected chi connectivity index (χ1v) is 11.9. The monoisotopic (exact) mass is 443 g/mol. The van der Waals surface area contributed by atoms with Crippen LogP contribution in [0, 0.1) is 0 Å². The third-order valence-corrected chi connectivity index (χ3v) is 6.77. The molecule has 1 amide bonds. The summed E-state index contributed by atoms with van der Waals surface area (Å²) in [5.74, 6) is -0.293. The summed E-state index contributed by atoms with van der Waals surface area (Å²) in [4.78, 5) is 15.6. The molecule has 3 aromatic rings. The molecule has 0 aliphatic heterocycles. The molecule has 3 rings (SSSR count). The van der Waals surface area contributed by atoms with Gasteiger partial charge in [0.15, 0.2) is 0 Å². The summed E-state index contributed by atoms with van der Waals surface area (Å²) in [7, 11) is -1.70. The predicted octanol–water partition coefficient (Wildman–Crippen LogP) is 3.09. The number of sulfonamides is 1. The number of hydrogen-bond donors (Lipinski definition) is 2. The smallest absolute Gasteiger partial charge is 0.251 e. The van der Waals surface area contributed by atoms with Crippen molar-refractivity contribution in [3.63, 3.8) is 0 Å². The summed E-state index contributed by atoms with van der Waals surface area (Å²) in [6.07, 6.45) is 0. The number of benzene rings is 2. The van der Waals surface area contributed by atoms with Crippen molar-refractivity contribution in [3.05, 3.63) is 88.1 Å². The minimum Gasteiger partial charge on any atom is -0.351 e. The average molecular weight is 444 g/mol. The second-order valence-corrected chi connectivity index (χ2v) is 9.71. The molecule has 0 radical (unpaired) electrons. The van der Waals surface area contributed by atoms with Crippen LogP contribution in [0.4, 0.5) is 0 Å². The number of thiophene rings is 1. The fourth-order valence-electron chi connectivity index (χ4n) is 2.90. The first-order valence-electron chi connectivity index (χ1n) is 9.57. The van der Waals surface area contributed by atoms with E-state index in [1.165, 1.54) is 29.0 Å². The molecule has 1 aromatic heterocycles. The van der Waals surface area contributed by atoms with Gasteiger partial charge in [0.25, 0.3) is 5.91 Å². The lowest BCUT2D eigenvalue weighted by atomic mass is 10.2. The molecular weight excluding hydrogens is 418 g/mol. The molecule has 2 aromatic carbocycles. The third-order valence-electron chi connectivity index (χ3n) is 4.50. The van der Waals surface area contributed by atoms with Crippen LogP contribution >= 0.6 is 11.3 Å². The third kappa shape index (κ3) is 6.50. The van der Waals surface area contributed by atoms with Crippen LogP contribution in [0.5, 0.6) is 0 Å². The largest absolute Gasteiger partial charge is 0.351 e. The van der Waals surface area contributed by atoms with Crippen LogP contribution in [0.2, 0.25) is 0 Å². The van der Waals surface area contributed by atoms with Crippen molar-refractivity contribution in [2.24, 2.45) is 0 Å². The first kappa shape index (κ1) is 22.2. The van der Waals surface area contributed by atoms with Crippen molar-refractivity contribution < 1.29 is 13.2 Å². The number of carbonyl (C=O) groups is 1. The van der Waals surface area contributed by atoms with E-state index in [4.69, 9.17) is 0 Å². The highest BCUT2D eigenvalue weighted by atomic mass is 32.2. The molecule has 0 aliphatic rings. The van der Waals surface area contributed by atoms with Gasteiger partial charge in [-0.15, -0.1) is 11.3 Å². The topological polar surface area (TPSA) is 78.5 Å². The van der Waals surface area contributed by atoms with Gasteiger partial charge in [0.1, 0.15) is 0 Å². The predicted molar refractivity (Wildman–Crippen MR) is 120 cm³/mol. The Bertz CT molecular complexity index is 1050. The number of carbonyl (C=O) groups excluding carboxylic acids is 1. The van der Waals surface area contributed by atoms with E-state index in [1.807, 2.05) is 42.8 Å².